The molecule has 2 amide bonds. The SMILES string of the molecule is CCS(=O)(=O)n1ccc2ccc(C(=O)NC3(C(=O)NCC#N)CCCCC3)cc21. The summed E-state index contributed by atoms with van der Waals surface area (Å²) in [4.78, 5) is 25.7. The second kappa shape index (κ2) is 8.25. The number of aromatic nitrogens is 1. The average molecular weight is 417 g/mol. The summed E-state index contributed by atoms with van der Waals surface area (Å²) >= 11 is 0. The zero-order valence-electron chi connectivity index (χ0n) is 16.3. The van der Waals surface area contributed by atoms with Gasteiger partial charge in [0.2, 0.25) is 15.9 Å². The van der Waals surface area contributed by atoms with E-state index < -0.39 is 21.5 Å². The molecule has 0 saturated heterocycles. The first-order valence-corrected chi connectivity index (χ1v) is 11.3. The Kier molecular flexibility index (Phi) is 5.94. The highest BCUT2D eigenvalue weighted by molar-refractivity contribution is 7.90. The summed E-state index contributed by atoms with van der Waals surface area (Å²) in [6.07, 6.45) is 5.06. The summed E-state index contributed by atoms with van der Waals surface area (Å²) in [6.45, 7) is 1.44. The number of hydrogen-bond acceptors (Lipinski definition) is 5. The molecule has 29 heavy (non-hydrogen) atoms. The van der Waals surface area contributed by atoms with Gasteiger partial charge >= 0.3 is 0 Å². The fourth-order valence-electron chi connectivity index (χ4n) is 3.77. The second-order valence-electron chi connectivity index (χ2n) is 7.22. The topological polar surface area (TPSA) is 121 Å². The molecule has 8 nitrogen and oxygen atoms in total. The second-order valence-corrected chi connectivity index (χ2v) is 9.36. The van der Waals surface area contributed by atoms with E-state index in [0.717, 1.165) is 19.3 Å². The molecule has 9 heteroatoms. The molecule has 2 aromatic rings. The van der Waals surface area contributed by atoms with Gasteiger partial charge in [0.15, 0.2) is 0 Å². The van der Waals surface area contributed by atoms with Crippen LogP contribution in [-0.2, 0) is 14.8 Å². The number of rotatable bonds is 6. The van der Waals surface area contributed by atoms with Gasteiger partial charge in [0.1, 0.15) is 12.1 Å². The van der Waals surface area contributed by atoms with Gasteiger partial charge in [0.05, 0.1) is 17.3 Å². The van der Waals surface area contributed by atoms with Crippen LogP contribution in [0.2, 0.25) is 0 Å². The van der Waals surface area contributed by atoms with Crippen LogP contribution in [0, 0.1) is 11.3 Å². The number of nitriles is 1. The highest BCUT2D eigenvalue weighted by atomic mass is 32.2. The van der Waals surface area contributed by atoms with Crippen molar-refractivity contribution in [2.45, 2.75) is 44.6 Å². The maximum Gasteiger partial charge on any atom is 0.252 e. The van der Waals surface area contributed by atoms with Crippen LogP contribution in [-0.4, -0.2) is 42.0 Å². The summed E-state index contributed by atoms with van der Waals surface area (Å²) in [5.74, 6) is -0.859. The molecule has 1 aromatic heterocycles. The molecule has 3 rings (SSSR count). The normalized spacial score (nSPS) is 16.1. The van der Waals surface area contributed by atoms with Crippen LogP contribution in [0.4, 0.5) is 0 Å². The molecule has 1 aliphatic carbocycles. The fraction of sp³-hybridized carbons (Fsp3) is 0.450. The van der Waals surface area contributed by atoms with Crippen molar-refractivity contribution in [1.29, 1.82) is 5.26 Å². The van der Waals surface area contributed by atoms with Gasteiger partial charge in [-0.1, -0.05) is 25.3 Å². The van der Waals surface area contributed by atoms with Crippen molar-refractivity contribution in [1.82, 2.24) is 14.6 Å². The first-order chi connectivity index (χ1) is 13.8. The Morgan fingerprint density at radius 2 is 1.93 bits per heavy atom. The van der Waals surface area contributed by atoms with E-state index in [2.05, 4.69) is 10.6 Å². The van der Waals surface area contributed by atoms with Crippen molar-refractivity contribution in [3.05, 3.63) is 36.0 Å². The van der Waals surface area contributed by atoms with Crippen LogP contribution in [0.25, 0.3) is 10.9 Å². The van der Waals surface area contributed by atoms with Gasteiger partial charge < -0.3 is 10.6 Å². The molecule has 0 radical (unpaired) electrons. The highest BCUT2D eigenvalue weighted by Crippen LogP contribution is 2.29. The van der Waals surface area contributed by atoms with Gasteiger partial charge in [0, 0.05) is 17.1 Å². The van der Waals surface area contributed by atoms with Crippen molar-refractivity contribution in [3.8, 4) is 6.07 Å². The number of fused-ring (bicyclic) bond motifs is 1. The summed E-state index contributed by atoms with van der Waals surface area (Å²) in [5.41, 5.74) is -0.355. The average Bonchev–Trinajstić information content (AvgIpc) is 3.16. The number of amides is 2. The van der Waals surface area contributed by atoms with E-state index in [0.29, 0.717) is 23.7 Å². The predicted octanol–water partition coefficient (Wildman–Crippen LogP) is 1.91. The third-order valence-electron chi connectivity index (χ3n) is 5.41. The Bertz CT molecular complexity index is 1080. The fourth-order valence-corrected chi connectivity index (χ4v) is 4.75. The van der Waals surface area contributed by atoms with Crippen LogP contribution in [0.3, 0.4) is 0 Å². The van der Waals surface area contributed by atoms with Crippen molar-refractivity contribution in [2.75, 3.05) is 12.3 Å². The van der Waals surface area contributed by atoms with E-state index in [-0.39, 0.29) is 23.8 Å². The lowest BCUT2D eigenvalue weighted by Crippen LogP contribution is -2.59. The Balaban J connectivity index is 1.92. The van der Waals surface area contributed by atoms with E-state index in [4.69, 9.17) is 5.26 Å². The number of nitrogens with zero attached hydrogens (tertiary/aromatic N) is 2. The van der Waals surface area contributed by atoms with E-state index in [1.807, 2.05) is 6.07 Å². The lowest BCUT2D eigenvalue weighted by atomic mass is 9.80. The third-order valence-corrected chi connectivity index (χ3v) is 7.05. The van der Waals surface area contributed by atoms with Crippen LogP contribution >= 0.6 is 0 Å². The Morgan fingerprint density at radius 3 is 2.59 bits per heavy atom. The summed E-state index contributed by atoms with van der Waals surface area (Å²) in [5, 5.41) is 14.9. The van der Waals surface area contributed by atoms with Gasteiger partial charge in [0.25, 0.3) is 5.91 Å². The lowest BCUT2D eigenvalue weighted by Gasteiger charge is -2.36. The quantitative estimate of drug-likeness (QED) is 0.697. The van der Waals surface area contributed by atoms with Gasteiger partial charge in [-0.2, -0.15) is 5.26 Å². The minimum absolute atomic E-state index is 0.0601. The van der Waals surface area contributed by atoms with E-state index in [1.54, 1.807) is 25.1 Å². The lowest BCUT2D eigenvalue weighted by molar-refractivity contribution is -0.128. The van der Waals surface area contributed by atoms with Gasteiger partial charge in [-0.25, -0.2) is 12.4 Å². The Morgan fingerprint density at radius 1 is 1.21 bits per heavy atom. The zero-order chi connectivity index (χ0) is 21.1. The van der Waals surface area contributed by atoms with Crippen molar-refractivity contribution < 1.29 is 18.0 Å². The third kappa shape index (κ3) is 4.12. The Labute approximate surface area is 169 Å². The number of carbonyl (C=O) groups is 2. The maximum atomic E-state index is 13.0. The Hall–Kier alpha value is -2.86. The van der Waals surface area contributed by atoms with Crippen LogP contribution < -0.4 is 10.6 Å². The summed E-state index contributed by atoms with van der Waals surface area (Å²) in [7, 11) is -3.50. The molecular formula is C20H24N4O4S. The van der Waals surface area contributed by atoms with Crippen molar-refractivity contribution in [2.24, 2.45) is 0 Å². The molecule has 0 unspecified atom stereocenters. The van der Waals surface area contributed by atoms with Crippen molar-refractivity contribution in [3.63, 3.8) is 0 Å². The van der Waals surface area contributed by atoms with E-state index >= 15 is 0 Å². The van der Waals surface area contributed by atoms with Gasteiger partial charge in [-0.3, -0.25) is 9.59 Å². The van der Waals surface area contributed by atoms with E-state index in [9.17, 15) is 18.0 Å². The smallest absolute Gasteiger partial charge is 0.252 e. The largest absolute Gasteiger partial charge is 0.341 e. The number of benzene rings is 1. The van der Waals surface area contributed by atoms with Crippen LogP contribution in [0.15, 0.2) is 30.5 Å². The number of nitrogens with one attached hydrogen (secondary N) is 2. The molecule has 0 aliphatic heterocycles. The summed E-state index contributed by atoms with van der Waals surface area (Å²) < 4.78 is 25.8. The molecule has 0 bridgehead atoms. The monoisotopic (exact) mass is 416 g/mol. The number of carbonyl (C=O) groups excluding carboxylic acids is 2. The minimum Gasteiger partial charge on any atom is -0.341 e. The molecule has 1 aliphatic rings. The molecule has 0 atom stereocenters. The first kappa shape index (κ1) is 20.9. The van der Waals surface area contributed by atoms with Crippen LogP contribution in [0.5, 0.6) is 0 Å². The molecule has 1 fully saturated rings. The van der Waals surface area contributed by atoms with Crippen molar-refractivity contribution >= 4 is 32.7 Å². The number of hydrogen-bond donors (Lipinski definition) is 2. The zero-order valence-corrected chi connectivity index (χ0v) is 17.1. The molecule has 154 valence electrons. The molecule has 1 saturated carbocycles. The molecule has 1 aromatic carbocycles. The minimum atomic E-state index is -3.50. The summed E-state index contributed by atoms with van der Waals surface area (Å²) in [6, 6.07) is 8.40. The molecule has 2 N–H and O–H groups in total. The van der Waals surface area contributed by atoms with E-state index in [1.165, 1.54) is 16.2 Å². The first-order valence-electron chi connectivity index (χ1n) is 9.65. The van der Waals surface area contributed by atoms with Crippen LogP contribution in [0.1, 0.15) is 49.4 Å². The molecular weight excluding hydrogens is 392 g/mol. The predicted molar refractivity (Wildman–Crippen MR) is 109 cm³/mol. The van der Waals surface area contributed by atoms with Gasteiger partial charge in [-0.05, 0) is 38.0 Å². The highest BCUT2D eigenvalue weighted by Gasteiger charge is 2.40. The molecule has 0 spiro atoms. The standard InChI is InChI=1S/C20H24N4O4S/c1-2-29(27,28)24-13-8-15-6-7-16(14-17(15)24)18(25)23-20(9-4-3-5-10-20)19(26)22-12-11-21/h6-8,13-14H,2-5,9-10,12H2,1H3,(H,22,26)(H,23,25). The maximum absolute atomic E-state index is 13.0. The van der Waals surface area contributed by atoms with Gasteiger partial charge in [-0.15, -0.1) is 0 Å². The molecule has 1 heterocycles.